The van der Waals surface area contributed by atoms with Crippen LogP contribution in [0, 0.1) is 5.82 Å². The molecule has 1 aliphatic rings. The molecule has 1 aliphatic heterocycles. The Kier molecular flexibility index (Phi) is 5.31. The Hall–Kier alpha value is -3.54. The van der Waals surface area contributed by atoms with Gasteiger partial charge in [0, 0.05) is 18.6 Å². The van der Waals surface area contributed by atoms with E-state index in [1.807, 2.05) is 0 Å². The van der Waals surface area contributed by atoms with E-state index < -0.39 is 24.1 Å². The number of carboxylic acid groups (broad SMARTS) is 1. The van der Waals surface area contributed by atoms with Gasteiger partial charge in [0.25, 0.3) is 0 Å². The van der Waals surface area contributed by atoms with Gasteiger partial charge in [-0.3, -0.25) is 13.9 Å². The van der Waals surface area contributed by atoms with E-state index in [-0.39, 0.29) is 18.8 Å². The van der Waals surface area contributed by atoms with Gasteiger partial charge in [-0.25, -0.2) is 19.0 Å². The van der Waals surface area contributed by atoms with E-state index >= 15 is 0 Å². The van der Waals surface area contributed by atoms with Gasteiger partial charge in [0.15, 0.2) is 0 Å². The minimum absolute atomic E-state index is 0.0844. The molecule has 0 aliphatic carbocycles. The first kappa shape index (κ1) is 19.8. The topological polar surface area (TPSA) is 106 Å². The molecule has 1 aromatic carbocycles. The van der Waals surface area contributed by atoms with Crippen molar-refractivity contribution in [2.75, 3.05) is 18.0 Å². The van der Waals surface area contributed by atoms with E-state index in [9.17, 15) is 14.0 Å². The molecule has 1 fully saturated rings. The largest absolute Gasteiger partial charge is 0.464 e. The van der Waals surface area contributed by atoms with Gasteiger partial charge in [-0.2, -0.15) is 5.10 Å². The number of aromatic nitrogens is 4. The maximum absolute atomic E-state index is 14.8. The zero-order valence-electron chi connectivity index (χ0n) is 15.5. The highest BCUT2D eigenvalue weighted by Gasteiger charge is 2.34. The van der Waals surface area contributed by atoms with Crippen molar-refractivity contribution < 1.29 is 23.8 Å². The Bertz CT molecular complexity index is 1070. The van der Waals surface area contributed by atoms with E-state index in [1.165, 1.54) is 23.4 Å². The summed E-state index contributed by atoms with van der Waals surface area (Å²) < 4.78 is 23.9. The fourth-order valence-electron chi connectivity index (χ4n) is 3.11. The number of nitrogens with zero attached hydrogens (tertiary/aromatic N) is 6. The van der Waals surface area contributed by atoms with Crippen molar-refractivity contribution in [1.82, 2.24) is 23.6 Å². The van der Waals surface area contributed by atoms with Gasteiger partial charge in [0.2, 0.25) is 0 Å². The van der Waals surface area contributed by atoms with Gasteiger partial charge in [0.1, 0.15) is 11.9 Å². The average Bonchev–Trinajstić information content (AvgIpc) is 3.44. The SMILES string of the molecule is O=C(O)N(S)CC1CN(c2ccc(-n3cnc(Cn4cccn4)c3)c(F)c2)C(=O)O1. The van der Waals surface area contributed by atoms with Crippen molar-refractivity contribution in [3.8, 4) is 5.69 Å². The number of carbonyl (C=O) groups excluding carboxylic acids is 1. The smallest absolute Gasteiger partial charge is 0.417 e. The summed E-state index contributed by atoms with van der Waals surface area (Å²) in [7, 11) is 0. The molecule has 1 saturated heterocycles. The molecule has 12 heteroatoms. The van der Waals surface area contributed by atoms with Gasteiger partial charge in [-0.05, 0) is 24.3 Å². The predicted octanol–water partition coefficient (Wildman–Crippen LogP) is 2.41. The molecule has 1 atom stereocenters. The van der Waals surface area contributed by atoms with Crippen LogP contribution in [0.2, 0.25) is 0 Å². The van der Waals surface area contributed by atoms with Crippen LogP contribution in [0.5, 0.6) is 0 Å². The summed E-state index contributed by atoms with van der Waals surface area (Å²) in [5, 5.41) is 13.0. The van der Waals surface area contributed by atoms with Gasteiger partial charge in [-0.1, -0.05) is 12.8 Å². The van der Waals surface area contributed by atoms with Crippen molar-refractivity contribution in [2.45, 2.75) is 12.6 Å². The highest BCUT2D eigenvalue weighted by molar-refractivity contribution is 7.78. The summed E-state index contributed by atoms with van der Waals surface area (Å²) >= 11 is 3.80. The zero-order valence-corrected chi connectivity index (χ0v) is 16.4. The first-order valence-corrected chi connectivity index (χ1v) is 9.28. The summed E-state index contributed by atoms with van der Waals surface area (Å²) in [6, 6.07) is 6.15. The first-order valence-electron chi connectivity index (χ1n) is 8.88. The number of rotatable bonds is 6. The number of hydrogen-bond acceptors (Lipinski definition) is 6. The molecule has 0 spiro atoms. The lowest BCUT2D eigenvalue weighted by Crippen LogP contribution is -2.32. The average molecular weight is 432 g/mol. The molecular formula is C18H17FN6O4S. The predicted molar refractivity (Wildman–Crippen MR) is 106 cm³/mol. The standard InChI is InChI=1S/C18H17FN6O4S/c19-15-6-13(24-9-14(29-18(24)28)10-25(30)17(26)27)2-3-16(15)22-7-12(20-11-22)8-23-5-1-4-21-23/h1-7,11,14,30H,8-10H2,(H,26,27). The number of hydrogen-bond donors (Lipinski definition) is 2. The second-order valence-corrected chi connectivity index (χ2v) is 7.08. The summed E-state index contributed by atoms with van der Waals surface area (Å²) in [6.07, 6.45) is 4.04. The number of benzene rings is 1. The highest BCUT2D eigenvalue weighted by Crippen LogP contribution is 2.26. The minimum atomic E-state index is -1.25. The van der Waals surface area contributed by atoms with Crippen LogP contribution in [0.3, 0.4) is 0 Å². The number of halogens is 1. The Morgan fingerprint density at radius 1 is 1.43 bits per heavy atom. The van der Waals surface area contributed by atoms with Crippen LogP contribution in [-0.4, -0.2) is 60.1 Å². The second kappa shape index (κ2) is 8.06. The van der Waals surface area contributed by atoms with Crippen LogP contribution in [-0.2, 0) is 11.3 Å². The lowest BCUT2D eigenvalue weighted by Gasteiger charge is -2.16. The molecule has 0 saturated carbocycles. The molecular weight excluding hydrogens is 415 g/mol. The fourth-order valence-corrected chi connectivity index (χ4v) is 3.29. The molecule has 0 bridgehead atoms. The Balaban J connectivity index is 1.48. The third kappa shape index (κ3) is 4.08. The Labute approximate surface area is 175 Å². The van der Waals surface area contributed by atoms with E-state index in [0.29, 0.717) is 17.9 Å². The summed E-state index contributed by atoms with van der Waals surface area (Å²) in [6.45, 7) is 0.440. The summed E-state index contributed by atoms with van der Waals surface area (Å²) in [5.41, 5.74) is 1.29. The number of carbonyl (C=O) groups is 2. The van der Waals surface area contributed by atoms with Crippen LogP contribution < -0.4 is 4.90 Å². The lowest BCUT2D eigenvalue weighted by atomic mass is 10.2. The number of amides is 2. The molecule has 0 radical (unpaired) electrons. The first-order chi connectivity index (χ1) is 14.4. The second-order valence-electron chi connectivity index (χ2n) is 6.59. The van der Waals surface area contributed by atoms with Gasteiger partial charge < -0.3 is 14.4 Å². The number of anilines is 1. The summed E-state index contributed by atoms with van der Waals surface area (Å²) in [4.78, 5) is 28.5. The number of cyclic esters (lactones) is 1. The molecule has 10 nitrogen and oxygen atoms in total. The molecule has 3 aromatic rings. The molecule has 1 unspecified atom stereocenters. The summed E-state index contributed by atoms with van der Waals surface area (Å²) in [5.74, 6) is -0.548. The maximum Gasteiger partial charge on any atom is 0.417 e. The highest BCUT2D eigenvalue weighted by atomic mass is 32.1. The van der Waals surface area contributed by atoms with E-state index in [0.717, 1.165) is 4.31 Å². The van der Waals surface area contributed by atoms with Crippen LogP contribution in [0.1, 0.15) is 5.69 Å². The molecule has 156 valence electrons. The van der Waals surface area contributed by atoms with Crippen LogP contribution in [0.15, 0.2) is 49.2 Å². The van der Waals surface area contributed by atoms with E-state index in [2.05, 4.69) is 22.9 Å². The Morgan fingerprint density at radius 3 is 2.97 bits per heavy atom. The van der Waals surface area contributed by atoms with Gasteiger partial charge in [0.05, 0.1) is 43.0 Å². The Morgan fingerprint density at radius 2 is 2.27 bits per heavy atom. The normalized spacial score (nSPS) is 16.0. The minimum Gasteiger partial charge on any atom is -0.464 e. The fraction of sp³-hybridized carbons (Fsp3) is 0.222. The monoisotopic (exact) mass is 432 g/mol. The molecule has 4 rings (SSSR count). The number of ether oxygens (including phenoxy) is 1. The molecule has 2 aromatic heterocycles. The third-order valence-electron chi connectivity index (χ3n) is 4.51. The number of imidazole rings is 1. The molecule has 1 N–H and O–H groups in total. The van der Waals surface area contributed by atoms with Crippen LogP contribution in [0.4, 0.5) is 19.7 Å². The zero-order chi connectivity index (χ0) is 21.3. The maximum atomic E-state index is 14.8. The van der Waals surface area contributed by atoms with Crippen molar-refractivity contribution in [3.05, 3.63) is 60.7 Å². The quantitative estimate of drug-likeness (QED) is 0.580. The number of thiol groups is 1. The van der Waals surface area contributed by atoms with Crippen molar-refractivity contribution in [2.24, 2.45) is 0 Å². The van der Waals surface area contributed by atoms with E-state index in [4.69, 9.17) is 9.84 Å². The van der Waals surface area contributed by atoms with Crippen molar-refractivity contribution in [1.29, 1.82) is 0 Å². The molecule has 30 heavy (non-hydrogen) atoms. The van der Waals surface area contributed by atoms with Crippen LogP contribution >= 0.6 is 12.8 Å². The third-order valence-corrected chi connectivity index (χ3v) is 4.85. The molecule has 2 amide bonds. The van der Waals surface area contributed by atoms with Crippen molar-refractivity contribution in [3.63, 3.8) is 0 Å². The molecule has 3 heterocycles. The van der Waals surface area contributed by atoms with Crippen molar-refractivity contribution >= 4 is 30.7 Å². The van der Waals surface area contributed by atoms with E-state index in [1.54, 1.807) is 40.0 Å². The van der Waals surface area contributed by atoms with Gasteiger partial charge in [-0.15, -0.1) is 0 Å². The van der Waals surface area contributed by atoms with Gasteiger partial charge >= 0.3 is 12.2 Å². The lowest BCUT2D eigenvalue weighted by molar-refractivity contribution is 0.122. The van der Waals surface area contributed by atoms with Crippen LogP contribution in [0.25, 0.3) is 5.69 Å².